The van der Waals surface area contributed by atoms with Crippen LogP contribution >= 0.6 is 0 Å². The van der Waals surface area contributed by atoms with Gasteiger partial charge in [0.25, 0.3) is 0 Å². The molecule has 8 atom stereocenters. The molecule has 4 N–H and O–H groups in total. The second-order valence-corrected chi connectivity index (χ2v) is 9.30. The molecule has 5 nitrogen and oxygen atoms in total. The fourth-order valence-corrected chi connectivity index (χ4v) is 7.13. The maximum atomic E-state index is 12.4. The van der Waals surface area contributed by atoms with Crippen molar-refractivity contribution in [3.63, 3.8) is 0 Å². The number of carbonyl (C=O) groups is 2. The van der Waals surface area contributed by atoms with Crippen molar-refractivity contribution in [2.24, 2.45) is 40.2 Å². The van der Waals surface area contributed by atoms with E-state index in [1.54, 1.807) is 12.2 Å². The first kappa shape index (κ1) is 18.1. The zero-order chi connectivity index (χ0) is 18.9. The molecular formula is C21H29NO4. The summed E-state index contributed by atoms with van der Waals surface area (Å²) in [4.78, 5) is 24.2. The summed E-state index contributed by atoms with van der Waals surface area (Å²) < 4.78 is 0. The van der Waals surface area contributed by atoms with Gasteiger partial charge >= 0.3 is 0 Å². The topological polar surface area (TPSA) is 101 Å². The third-order valence-corrected chi connectivity index (χ3v) is 8.10. The van der Waals surface area contributed by atoms with E-state index in [1.165, 1.54) is 0 Å². The lowest BCUT2D eigenvalue weighted by molar-refractivity contribution is -0.141. The molecule has 5 heteroatoms. The third kappa shape index (κ3) is 2.26. The molecule has 4 aliphatic carbocycles. The minimum atomic E-state index is -0.549. The average molecular weight is 359 g/mol. The summed E-state index contributed by atoms with van der Waals surface area (Å²) in [5.41, 5.74) is 6.82. The molecule has 4 aliphatic rings. The maximum Gasteiger partial charge on any atom is 0.178 e. The van der Waals surface area contributed by atoms with Crippen LogP contribution < -0.4 is 5.73 Å². The predicted octanol–water partition coefficient (Wildman–Crippen LogP) is 1.38. The lowest BCUT2D eigenvalue weighted by Crippen LogP contribution is -2.56. The van der Waals surface area contributed by atoms with E-state index >= 15 is 0 Å². The number of Topliss-reactive ketones (excluding diaryl/α,β-unsaturated/α-hetero) is 1. The van der Waals surface area contributed by atoms with Crippen LogP contribution in [0.15, 0.2) is 23.8 Å². The Hall–Kier alpha value is -1.30. The van der Waals surface area contributed by atoms with Crippen molar-refractivity contribution in [3.8, 4) is 0 Å². The second-order valence-electron chi connectivity index (χ2n) is 9.30. The Morgan fingerprint density at radius 1 is 1.38 bits per heavy atom. The summed E-state index contributed by atoms with van der Waals surface area (Å²) in [7, 11) is 0. The van der Waals surface area contributed by atoms with Crippen molar-refractivity contribution in [2.45, 2.75) is 51.7 Å². The molecule has 0 aromatic carbocycles. The quantitative estimate of drug-likeness (QED) is 0.691. The van der Waals surface area contributed by atoms with Gasteiger partial charge in [0.1, 0.15) is 6.61 Å². The van der Waals surface area contributed by atoms with Crippen LogP contribution in [-0.2, 0) is 9.59 Å². The van der Waals surface area contributed by atoms with Gasteiger partial charge in [0, 0.05) is 23.3 Å². The van der Waals surface area contributed by atoms with Crippen LogP contribution in [0.2, 0.25) is 0 Å². The summed E-state index contributed by atoms with van der Waals surface area (Å²) >= 11 is 0. The Bertz CT molecular complexity index is 713. The summed E-state index contributed by atoms with van der Waals surface area (Å²) in [6, 6.07) is -0.260. The van der Waals surface area contributed by atoms with Crippen LogP contribution in [0.5, 0.6) is 0 Å². The molecule has 0 aliphatic heterocycles. The number of carbonyl (C=O) groups excluding carboxylic acids is 2. The molecule has 0 heterocycles. The van der Waals surface area contributed by atoms with Gasteiger partial charge in [-0.3, -0.25) is 9.59 Å². The van der Waals surface area contributed by atoms with Crippen molar-refractivity contribution in [1.82, 2.24) is 0 Å². The van der Waals surface area contributed by atoms with Crippen molar-refractivity contribution in [1.29, 1.82) is 0 Å². The minimum absolute atomic E-state index is 0.0301. The molecule has 0 saturated heterocycles. The van der Waals surface area contributed by atoms with E-state index in [-0.39, 0.29) is 52.1 Å². The van der Waals surface area contributed by atoms with E-state index in [4.69, 9.17) is 5.73 Å². The highest BCUT2D eigenvalue weighted by atomic mass is 16.3. The Morgan fingerprint density at radius 3 is 2.81 bits per heavy atom. The van der Waals surface area contributed by atoms with Crippen LogP contribution in [0.3, 0.4) is 0 Å². The van der Waals surface area contributed by atoms with Crippen LogP contribution in [0.4, 0.5) is 0 Å². The van der Waals surface area contributed by atoms with E-state index in [0.717, 1.165) is 24.8 Å². The summed E-state index contributed by atoms with van der Waals surface area (Å²) in [6.07, 6.45) is 7.86. The fraction of sp³-hybridized carbons (Fsp3) is 0.714. The van der Waals surface area contributed by atoms with Gasteiger partial charge < -0.3 is 15.9 Å². The van der Waals surface area contributed by atoms with Gasteiger partial charge in [-0.15, -0.1) is 0 Å². The number of rotatable bonds is 2. The average Bonchev–Trinajstić information content (AvgIpc) is 2.84. The number of allylic oxidation sites excluding steroid dienone is 4. The molecule has 0 aromatic rings. The van der Waals surface area contributed by atoms with E-state index in [0.29, 0.717) is 6.42 Å². The van der Waals surface area contributed by atoms with Crippen LogP contribution in [0.1, 0.15) is 39.5 Å². The Morgan fingerprint density at radius 2 is 2.12 bits per heavy atom. The van der Waals surface area contributed by atoms with Crippen molar-refractivity contribution in [2.75, 3.05) is 6.61 Å². The second kappa shape index (κ2) is 5.85. The molecule has 0 aromatic heterocycles. The molecule has 5 unspecified atom stereocenters. The van der Waals surface area contributed by atoms with Crippen molar-refractivity contribution in [3.05, 3.63) is 23.8 Å². The highest BCUT2D eigenvalue weighted by Gasteiger charge is 2.64. The molecule has 26 heavy (non-hydrogen) atoms. The van der Waals surface area contributed by atoms with Gasteiger partial charge in [0.05, 0.1) is 6.10 Å². The number of hydrogen-bond acceptors (Lipinski definition) is 5. The Balaban J connectivity index is 1.74. The zero-order valence-electron chi connectivity index (χ0n) is 15.5. The first-order chi connectivity index (χ1) is 12.2. The normalized spacial score (nSPS) is 49.9. The van der Waals surface area contributed by atoms with Crippen LogP contribution in [0, 0.1) is 34.5 Å². The molecule has 0 spiro atoms. The van der Waals surface area contributed by atoms with Crippen molar-refractivity contribution >= 4 is 11.6 Å². The number of ketones is 2. The van der Waals surface area contributed by atoms with E-state index in [9.17, 15) is 19.8 Å². The van der Waals surface area contributed by atoms with Crippen molar-refractivity contribution < 1.29 is 19.8 Å². The smallest absolute Gasteiger partial charge is 0.178 e. The molecule has 4 rings (SSSR count). The molecule has 3 fully saturated rings. The molecule has 0 bridgehead atoms. The van der Waals surface area contributed by atoms with E-state index in [2.05, 4.69) is 13.8 Å². The van der Waals surface area contributed by atoms with E-state index in [1.807, 2.05) is 6.08 Å². The summed E-state index contributed by atoms with van der Waals surface area (Å²) in [6.45, 7) is 3.73. The van der Waals surface area contributed by atoms with Gasteiger partial charge in [-0.1, -0.05) is 25.5 Å². The van der Waals surface area contributed by atoms with Gasteiger partial charge in [0.2, 0.25) is 0 Å². The monoisotopic (exact) mass is 359 g/mol. The fourth-order valence-electron chi connectivity index (χ4n) is 7.13. The molecule has 3 saturated carbocycles. The number of fused-ring (bicyclic) bond motifs is 5. The van der Waals surface area contributed by atoms with E-state index < -0.39 is 12.7 Å². The Labute approximate surface area is 154 Å². The lowest BCUT2D eigenvalue weighted by atomic mass is 9.46. The Kier molecular flexibility index (Phi) is 4.07. The zero-order valence-corrected chi connectivity index (χ0v) is 15.5. The third-order valence-electron chi connectivity index (χ3n) is 8.10. The van der Waals surface area contributed by atoms with Gasteiger partial charge in [-0.25, -0.2) is 0 Å². The predicted molar refractivity (Wildman–Crippen MR) is 96.9 cm³/mol. The molecular weight excluding hydrogens is 330 g/mol. The highest BCUT2D eigenvalue weighted by molar-refractivity contribution is 6.01. The number of nitrogens with two attached hydrogens (primary N) is 1. The number of hydrogen-bond donors (Lipinski definition) is 3. The largest absolute Gasteiger partial charge is 0.393 e. The van der Waals surface area contributed by atoms with Crippen LogP contribution in [-0.4, -0.2) is 40.5 Å². The molecule has 0 radical (unpaired) electrons. The first-order valence-corrected chi connectivity index (χ1v) is 9.74. The lowest BCUT2D eigenvalue weighted by Gasteiger charge is -2.58. The van der Waals surface area contributed by atoms with Gasteiger partial charge in [-0.2, -0.15) is 0 Å². The maximum absolute atomic E-state index is 12.4. The summed E-state index contributed by atoms with van der Waals surface area (Å²) in [5, 5.41) is 20.6. The minimum Gasteiger partial charge on any atom is -0.393 e. The van der Waals surface area contributed by atoms with Crippen LogP contribution in [0.25, 0.3) is 0 Å². The van der Waals surface area contributed by atoms with Gasteiger partial charge in [0.15, 0.2) is 11.6 Å². The SMILES string of the molecule is C[C@]12CC(O)C3C(CCC4=CC(=O)C=C[C@@]43C)C1C[C@H](N)C2C(=O)CO. The molecule has 142 valence electrons. The summed E-state index contributed by atoms with van der Waals surface area (Å²) in [5.74, 6) is 0.0185. The van der Waals surface area contributed by atoms with Gasteiger partial charge in [-0.05, 0) is 55.1 Å². The number of aliphatic hydroxyl groups is 2. The molecule has 0 amide bonds. The standard InChI is InChI=1S/C21H29NO4/c1-20-6-5-12(24)7-11(20)3-4-13-14-8-15(22)19(17(26)10-23)21(14,2)9-16(25)18(13)20/h5-7,13-16,18-19,23,25H,3-4,8-10,22H2,1-2H3/t13?,14?,15-,16?,18?,19?,20-,21-/m0/s1. The number of aliphatic hydroxyl groups excluding tert-OH is 2. The highest BCUT2D eigenvalue weighted by Crippen LogP contribution is 2.65. The first-order valence-electron chi connectivity index (χ1n) is 9.74.